The Balaban J connectivity index is 2.93. The van der Waals surface area contributed by atoms with E-state index >= 15 is 0 Å². The van der Waals surface area contributed by atoms with E-state index in [-0.39, 0.29) is 5.41 Å². The van der Waals surface area contributed by atoms with Crippen LogP contribution in [0.15, 0.2) is 6.20 Å². The molecule has 0 amide bonds. The summed E-state index contributed by atoms with van der Waals surface area (Å²) in [6.45, 7) is 7.87. The summed E-state index contributed by atoms with van der Waals surface area (Å²) in [7, 11) is 0. The molecule has 0 radical (unpaired) electrons. The lowest BCUT2D eigenvalue weighted by Crippen LogP contribution is -2.31. The Labute approximate surface area is 79.1 Å². The van der Waals surface area contributed by atoms with E-state index in [2.05, 4.69) is 31.1 Å². The highest BCUT2D eigenvalue weighted by Gasteiger charge is 2.23. The average molecular weight is 182 g/mol. The zero-order valence-electron chi connectivity index (χ0n) is 8.62. The van der Waals surface area contributed by atoms with Crippen molar-refractivity contribution in [1.29, 1.82) is 0 Å². The molecule has 0 aliphatic rings. The maximum Gasteiger partial charge on any atom is 0.0731 e. The zero-order valence-corrected chi connectivity index (χ0v) is 8.62. The van der Waals surface area contributed by atoms with Crippen LogP contribution < -0.4 is 5.73 Å². The molecule has 1 heterocycles. The molecule has 0 spiro atoms. The largest absolute Gasteiger partial charge is 0.330 e. The Morgan fingerprint density at radius 2 is 2.23 bits per heavy atom. The number of aryl methyl sites for hydroxylation is 1. The van der Waals surface area contributed by atoms with Gasteiger partial charge in [-0.05, 0) is 6.42 Å². The van der Waals surface area contributed by atoms with Crippen LogP contribution in [0, 0.1) is 0 Å². The summed E-state index contributed by atoms with van der Waals surface area (Å²) < 4.78 is 1.94. The Bertz CT molecular complexity index is 264. The molecule has 13 heavy (non-hydrogen) atoms. The van der Waals surface area contributed by atoms with E-state index in [4.69, 9.17) is 5.73 Å². The lowest BCUT2D eigenvalue weighted by atomic mass is 9.90. The van der Waals surface area contributed by atoms with Crippen molar-refractivity contribution in [2.75, 3.05) is 6.54 Å². The highest BCUT2D eigenvalue weighted by Crippen LogP contribution is 2.20. The minimum atomic E-state index is -0.0291. The van der Waals surface area contributed by atoms with Gasteiger partial charge in [0.2, 0.25) is 0 Å². The molecule has 4 heteroatoms. The van der Waals surface area contributed by atoms with Crippen molar-refractivity contribution in [2.45, 2.75) is 39.2 Å². The van der Waals surface area contributed by atoms with Crippen LogP contribution in [0.3, 0.4) is 0 Å². The van der Waals surface area contributed by atoms with Gasteiger partial charge in [0.15, 0.2) is 0 Å². The van der Waals surface area contributed by atoms with Gasteiger partial charge in [-0.1, -0.05) is 26.0 Å². The summed E-state index contributed by atoms with van der Waals surface area (Å²) >= 11 is 0. The van der Waals surface area contributed by atoms with Crippen LogP contribution in [0.1, 0.15) is 32.9 Å². The lowest BCUT2D eigenvalue weighted by molar-refractivity contribution is 0.454. The van der Waals surface area contributed by atoms with E-state index in [0.717, 1.165) is 18.7 Å². The Hall–Kier alpha value is -0.900. The Kier molecular flexibility index (Phi) is 3.03. The van der Waals surface area contributed by atoms with Crippen LogP contribution in [0.5, 0.6) is 0 Å². The molecule has 0 saturated heterocycles. The summed E-state index contributed by atoms with van der Waals surface area (Å²) in [6, 6.07) is 0. The first-order valence-electron chi connectivity index (χ1n) is 4.71. The summed E-state index contributed by atoms with van der Waals surface area (Å²) in [6.07, 6.45) is 2.87. The van der Waals surface area contributed by atoms with E-state index in [1.807, 2.05) is 10.9 Å². The highest BCUT2D eigenvalue weighted by molar-refractivity contribution is 5.10. The summed E-state index contributed by atoms with van der Waals surface area (Å²) in [5.41, 5.74) is 6.79. The number of hydrogen-bond acceptors (Lipinski definition) is 3. The maximum absolute atomic E-state index is 5.69. The molecule has 0 aliphatic heterocycles. The fourth-order valence-electron chi connectivity index (χ4n) is 1.26. The van der Waals surface area contributed by atoms with Gasteiger partial charge in [-0.25, -0.2) is 4.68 Å². The van der Waals surface area contributed by atoms with Crippen molar-refractivity contribution in [3.8, 4) is 0 Å². The van der Waals surface area contributed by atoms with E-state index < -0.39 is 0 Å². The predicted octanol–water partition coefficient (Wildman–Crippen LogP) is 0.924. The molecule has 1 rings (SSSR count). The summed E-state index contributed by atoms with van der Waals surface area (Å²) in [5, 5.41) is 7.94. The lowest BCUT2D eigenvalue weighted by Gasteiger charge is -2.22. The fraction of sp³-hybridized carbons (Fsp3) is 0.778. The van der Waals surface area contributed by atoms with Crippen molar-refractivity contribution >= 4 is 0 Å². The van der Waals surface area contributed by atoms with Crippen LogP contribution in [0.4, 0.5) is 0 Å². The fourth-order valence-corrected chi connectivity index (χ4v) is 1.26. The first-order valence-corrected chi connectivity index (χ1v) is 4.71. The second-order valence-corrected chi connectivity index (χ2v) is 3.93. The van der Waals surface area contributed by atoms with Crippen LogP contribution in [-0.2, 0) is 12.0 Å². The predicted molar refractivity (Wildman–Crippen MR) is 52.4 cm³/mol. The third-order valence-corrected chi connectivity index (χ3v) is 2.26. The third-order valence-electron chi connectivity index (χ3n) is 2.26. The van der Waals surface area contributed by atoms with Crippen molar-refractivity contribution in [1.82, 2.24) is 15.0 Å². The standard InChI is InChI=1S/C9H18N4/c1-4-5-13-8(6-11-12-13)9(2,3)7-10/h6H,4-5,7,10H2,1-3H3. The van der Waals surface area contributed by atoms with Gasteiger partial charge >= 0.3 is 0 Å². The number of nitrogens with zero attached hydrogens (tertiary/aromatic N) is 3. The van der Waals surface area contributed by atoms with Gasteiger partial charge in [0, 0.05) is 18.5 Å². The summed E-state index contributed by atoms with van der Waals surface area (Å²) in [4.78, 5) is 0. The van der Waals surface area contributed by atoms with Crippen LogP contribution >= 0.6 is 0 Å². The highest BCUT2D eigenvalue weighted by atomic mass is 15.4. The van der Waals surface area contributed by atoms with Crippen molar-refractivity contribution in [2.24, 2.45) is 5.73 Å². The average Bonchev–Trinajstić information content (AvgIpc) is 2.54. The van der Waals surface area contributed by atoms with Gasteiger partial charge in [0.25, 0.3) is 0 Å². The molecule has 74 valence electrons. The number of hydrogen-bond donors (Lipinski definition) is 1. The van der Waals surface area contributed by atoms with Gasteiger partial charge in [-0.2, -0.15) is 0 Å². The normalized spacial score (nSPS) is 12.0. The molecule has 0 aliphatic carbocycles. The topological polar surface area (TPSA) is 56.7 Å². The molecule has 0 saturated carbocycles. The molecule has 1 aromatic heterocycles. The van der Waals surface area contributed by atoms with Crippen molar-refractivity contribution in [3.05, 3.63) is 11.9 Å². The second-order valence-electron chi connectivity index (χ2n) is 3.93. The van der Waals surface area contributed by atoms with Gasteiger partial charge in [0.05, 0.1) is 11.9 Å². The van der Waals surface area contributed by atoms with Crippen LogP contribution in [0.2, 0.25) is 0 Å². The smallest absolute Gasteiger partial charge is 0.0731 e. The molecule has 0 unspecified atom stereocenters. The van der Waals surface area contributed by atoms with E-state index in [9.17, 15) is 0 Å². The van der Waals surface area contributed by atoms with E-state index in [0.29, 0.717) is 6.54 Å². The third kappa shape index (κ3) is 2.06. The maximum atomic E-state index is 5.69. The monoisotopic (exact) mass is 182 g/mol. The van der Waals surface area contributed by atoms with Gasteiger partial charge < -0.3 is 5.73 Å². The minimum Gasteiger partial charge on any atom is -0.330 e. The summed E-state index contributed by atoms with van der Waals surface area (Å²) in [5.74, 6) is 0. The molecule has 0 atom stereocenters. The molecular formula is C9H18N4. The van der Waals surface area contributed by atoms with E-state index in [1.54, 1.807) is 0 Å². The first-order chi connectivity index (χ1) is 6.11. The van der Waals surface area contributed by atoms with Crippen molar-refractivity contribution < 1.29 is 0 Å². The first kappa shape index (κ1) is 10.2. The number of nitrogens with two attached hydrogens (primary N) is 1. The quantitative estimate of drug-likeness (QED) is 0.753. The molecule has 0 fully saturated rings. The molecule has 2 N–H and O–H groups in total. The molecule has 4 nitrogen and oxygen atoms in total. The van der Waals surface area contributed by atoms with Gasteiger partial charge in [-0.3, -0.25) is 0 Å². The molecule has 0 aromatic carbocycles. The van der Waals surface area contributed by atoms with Gasteiger partial charge in [-0.15, -0.1) is 5.10 Å². The second kappa shape index (κ2) is 3.87. The SMILES string of the molecule is CCCn1nncc1C(C)(C)CN. The van der Waals surface area contributed by atoms with Gasteiger partial charge in [0.1, 0.15) is 0 Å². The van der Waals surface area contributed by atoms with Crippen molar-refractivity contribution in [3.63, 3.8) is 0 Å². The molecule has 0 bridgehead atoms. The zero-order chi connectivity index (χ0) is 9.90. The number of aromatic nitrogens is 3. The number of rotatable bonds is 4. The minimum absolute atomic E-state index is 0.0291. The van der Waals surface area contributed by atoms with Crippen LogP contribution in [0.25, 0.3) is 0 Å². The molecule has 1 aromatic rings. The van der Waals surface area contributed by atoms with E-state index in [1.165, 1.54) is 0 Å². The Morgan fingerprint density at radius 1 is 1.54 bits per heavy atom. The van der Waals surface area contributed by atoms with Crippen LogP contribution in [-0.4, -0.2) is 21.5 Å². The molecular weight excluding hydrogens is 164 g/mol. The Morgan fingerprint density at radius 3 is 2.77 bits per heavy atom.